The Hall–Kier alpha value is -4.47. The molecule has 1 saturated carbocycles. The summed E-state index contributed by atoms with van der Waals surface area (Å²) in [6, 6.07) is 14.5. The lowest BCUT2D eigenvalue weighted by atomic mass is 10.0. The van der Waals surface area contributed by atoms with Gasteiger partial charge in [0.2, 0.25) is 5.91 Å². The van der Waals surface area contributed by atoms with Gasteiger partial charge in [-0.25, -0.2) is 14.8 Å². The summed E-state index contributed by atoms with van der Waals surface area (Å²) in [5.74, 6) is 0.910. The molecule has 1 aromatic heterocycles. The molecular weight excluding hydrogens is 498 g/mol. The highest BCUT2D eigenvalue weighted by Crippen LogP contribution is 2.37. The molecule has 3 aromatic rings. The first-order valence-electron chi connectivity index (χ1n) is 13.1. The van der Waals surface area contributed by atoms with Gasteiger partial charge < -0.3 is 20.1 Å². The number of carbonyl (C=O) groups excluding carboxylic acids is 3. The summed E-state index contributed by atoms with van der Waals surface area (Å²) in [6.07, 6.45) is 5.88. The minimum absolute atomic E-state index is 0.114. The molecule has 3 amide bonds. The van der Waals surface area contributed by atoms with Crippen molar-refractivity contribution < 1.29 is 23.9 Å². The number of hydrogen-bond acceptors (Lipinski definition) is 7. The molecule has 0 spiro atoms. The van der Waals surface area contributed by atoms with Crippen LogP contribution in [-0.4, -0.2) is 52.5 Å². The zero-order chi connectivity index (χ0) is 27.2. The van der Waals surface area contributed by atoms with Crippen LogP contribution in [0.4, 0.5) is 10.5 Å². The van der Waals surface area contributed by atoms with E-state index in [1.165, 1.54) is 4.90 Å². The molecule has 2 N–H and O–H groups in total. The Bertz CT molecular complexity index is 1300. The fourth-order valence-electron chi connectivity index (χ4n) is 4.56. The van der Waals surface area contributed by atoms with Crippen LogP contribution in [0.15, 0.2) is 67.0 Å². The van der Waals surface area contributed by atoms with Crippen molar-refractivity contribution in [1.82, 2.24) is 20.2 Å². The standard InChI is InChI=1S/C29H31N5O5/c1-38-23-13-11-20(12-14-23)25(28(36)32-22-16-30-26(31-17-22)21-9-10-21)33-27(35)24-8-5-15-34(24)29(37)39-18-19-6-3-2-4-7-19/h2-4,6-7,11-14,16-17,21,24-25H,5,8-10,15,18H2,1H3,(H,32,36)(H,33,35)/t24-,25?/m0/s1. The van der Waals surface area contributed by atoms with E-state index in [1.807, 2.05) is 30.3 Å². The minimum Gasteiger partial charge on any atom is -0.497 e. The van der Waals surface area contributed by atoms with Gasteiger partial charge in [0, 0.05) is 12.5 Å². The molecular formula is C29H31N5O5. The summed E-state index contributed by atoms with van der Waals surface area (Å²) < 4.78 is 10.7. The summed E-state index contributed by atoms with van der Waals surface area (Å²) in [6.45, 7) is 0.513. The number of rotatable bonds is 9. The second-order valence-corrected chi connectivity index (χ2v) is 9.70. The Morgan fingerprint density at radius 2 is 1.72 bits per heavy atom. The molecule has 202 valence electrons. The third-order valence-corrected chi connectivity index (χ3v) is 6.87. The number of methoxy groups -OCH3 is 1. The molecule has 39 heavy (non-hydrogen) atoms. The van der Waals surface area contributed by atoms with Gasteiger partial charge in [0.1, 0.15) is 30.3 Å². The van der Waals surface area contributed by atoms with Crippen LogP contribution in [0, 0.1) is 0 Å². The average Bonchev–Trinajstić information content (AvgIpc) is 3.71. The first-order valence-corrected chi connectivity index (χ1v) is 13.1. The number of amides is 3. The predicted molar refractivity (Wildman–Crippen MR) is 143 cm³/mol. The SMILES string of the molecule is COc1ccc(C(NC(=O)[C@@H]2CCCN2C(=O)OCc2ccccc2)C(=O)Nc2cnc(C3CC3)nc2)cc1. The van der Waals surface area contributed by atoms with E-state index in [9.17, 15) is 14.4 Å². The van der Waals surface area contributed by atoms with E-state index in [2.05, 4.69) is 20.6 Å². The van der Waals surface area contributed by atoms with Gasteiger partial charge in [0.25, 0.3) is 5.91 Å². The Morgan fingerprint density at radius 3 is 2.38 bits per heavy atom. The highest BCUT2D eigenvalue weighted by Gasteiger charge is 2.37. The molecule has 0 bridgehead atoms. The lowest BCUT2D eigenvalue weighted by molar-refractivity contribution is -0.129. The summed E-state index contributed by atoms with van der Waals surface area (Å²) in [5.41, 5.74) is 1.86. The number of carbonyl (C=O) groups is 3. The van der Waals surface area contributed by atoms with Crippen LogP contribution < -0.4 is 15.4 Å². The van der Waals surface area contributed by atoms with Gasteiger partial charge in [-0.15, -0.1) is 0 Å². The first-order chi connectivity index (χ1) is 19.0. The van der Waals surface area contributed by atoms with Crippen LogP contribution in [0.1, 0.15) is 54.6 Å². The maximum Gasteiger partial charge on any atom is 0.410 e. The van der Waals surface area contributed by atoms with Gasteiger partial charge in [0.15, 0.2) is 0 Å². The Kier molecular flexibility index (Phi) is 8.00. The van der Waals surface area contributed by atoms with Gasteiger partial charge in [-0.2, -0.15) is 0 Å². The maximum atomic E-state index is 13.4. The molecule has 1 aliphatic heterocycles. The molecule has 2 aromatic carbocycles. The van der Waals surface area contributed by atoms with Crippen molar-refractivity contribution in [3.8, 4) is 5.75 Å². The molecule has 2 heterocycles. The Morgan fingerprint density at radius 1 is 1.00 bits per heavy atom. The molecule has 2 atom stereocenters. The second-order valence-electron chi connectivity index (χ2n) is 9.70. The Labute approximate surface area is 226 Å². The van der Waals surface area contributed by atoms with Crippen molar-refractivity contribution >= 4 is 23.6 Å². The second kappa shape index (κ2) is 11.9. The topological polar surface area (TPSA) is 123 Å². The van der Waals surface area contributed by atoms with Gasteiger partial charge in [-0.05, 0) is 48.9 Å². The van der Waals surface area contributed by atoms with Crippen LogP contribution in [0.5, 0.6) is 5.75 Å². The summed E-state index contributed by atoms with van der Waals surface area (Å²) >= 11 is 0. The van der Waals surface area contributed by atoms with Crippen LogP contribution >= 0.6 is 0 Å². The van der Waals surface area contributed by atoms with E-state index < -0.39 is 30.0 Å². The zero-order valence-corrected chi connectivity index (χ0v) is 21.7. The van der Waals surface area contributed by atoms with Gasteiger partial charge >= 0.3 is 6.09 Å². The molecule has 2 fully saturated rings. The molecule has 1 unspecified atom stereocenters. The quantitative estimate of drug-likeness (QED) is 0.430. The molecule has 1 saturated heterocycles. The van der Waals surface area contributed by atoms with E-state index in [0.717, 1.165) is 24.2 Å². The molecule has 10 nitrogen and oxygen atoms in total. The highest BCUT2D eigenvalue weighted by atomic mass is 16.6. The summed E-state index contributed by atoms with van der Waals surface area (Å²) in [5, 5.41) is 5.66. The van der Waals surface area contributed by atoms with E-state index in [0.29, 0.717) is 42.3 Å². The number of ether oxygens (including phenoxy) is 2. The molecule has 1 aliphatic carbocycles. The number of likely N-dealkylation sites (tertiary alicyclic amines) is 1. The average molecular weight is 530 g/mol. The van der Waals surface area contributed by atoms with Crippen LogP contribution in [-0.2, 0) is 20.9 Å². The third kappa shape index (κ3) is 6.51. The van der Waals surface area contributed by atoms with Gasteiger partial charge in [-0.1, -0.05) is 42.5 Å². The number of anilines is 1. The fourth-order valence-corrected chi connectivity index (χ4v) is 4.56. The van der Waals surface area contributed by atoms with Crippen molar-refractivity contribution in [3.05, 3.63) is 83.9 Å². The van der Waals surface area contributed by atoms with Crippen molar-refractivity contribution in [2.75, 3.05) is 19.0 Å². The van der Waals surface area contributed by atoms with Crippen LogP contribution in [0.3, 0.4) is 0 Å². The molecule has 5 rings (SSSR count). The van der Waals surface area contributed by atoms with Crippen molar-refractivity contribution in [1.29, 1.82) is 0 Å². The highest BCUT2D eigenvalue weighted by molar-refractivity contribution is 5.98. The fraction of sp³-hybridized carbons (Fsp3) is 0.345. The summed E-state index contributed by atoms with van der Waals surface area (Å²) in [7, 11) is 1.55. The number of benzene rings is 2. The number of aromatic nitrogens is 2. The zero-order valence-electron chi connectivity index (χ0n) is 21.7. The van der Waals surface area contributed by atoms with E-state index >= 15 is 0 Å². The monoisotopic (exact) mass is 529 g/mol. The number of nitrogens with one attached hydrogen (secondary N) is 2. The van der Waals surface area contributed by atoms with Gasteiger partial charge in [0.05, 0.1) is 25.2 Å². The normalized spacial score (nSPS) is 17.3. The summed E-state index contributed by atoms with van der Waals surface area (Å²) in [4.78, 5) is 49.8. The largest absolute Gasteiger partial charge is 0.497 e. The van der Waals surface area contributed by atoms with Crippen molar-refractivity contribution in [3.63, 3.8) is 0 Å². The predicted octanol–water partition coefficient (Wildman–Crippen LogP) is 3.96. The maximum absolute atomic E-state index is 13.4. The first kappa shape index (κ1) is 26.1. The number of hydrogen-bond donors (Lipinski definition) is 2. The minimum atomic E-state index is -1.02. The van der Waals surface area contributed by atoms with Gasteiger partial charge in [-0.3, -0.25) is 14.5 Å². The molecule has 0 radical (unpaired) electrons. The Balaban J connectivity index is 1.28. The van der Waals surface area contributed by atoms with Crippen LogP contribution in [0.2, 0.25) is 0 Å². The van der Waals surface area contributed by atoms with E-state index in [1.54, 1.807) is 43.8 Å². The van der Waals surface area contributed by atoms with Crippen molar-refractivity contribution in [2.45, 2.75) is 50.3 Å². The third-order valence-electron chi connectivity index (χ3n) is 6.87. The van der Waals surface area contributed by atoms with E-state index in [-0.39, 0.29) is 6.61 Å². The van der Waals surface area contributed by atoms with Crippen LogP contribution in [0.25, 0.3) is 0 Å². The van der Waals surface area contributed by atoms with E-state index in [4.69, 9.17) is 9.47 Å². The lowest BCUT2D eigenvalue weighted by Crippen LogP contribution is -2.48. The number of nitrogens with zero attached hydrogens (tertiary/aromatic N) is 3. The molecule has 10 heteroatoms. The molecule has 2 aliphatic rings. The van der Waals surface area contributed by atoms with Crippen molar-refractivity contribution in [2.24, 2.45) is 0 Å². The smallest absolute Gasteiger partial charge is 0.410 e. The lowest BCUT2D eigenvalue weighted by Gasteiger charge is -2.26.